The summed E-state index contributed by atoms with van der Waals surface area (Å²) in [6, 6.07) is 1.83. The van der Waals surface area contributed by atoms with E-state index in [9.17, 15) is 4.79 Å². The zero-order valence-electron chi connectivity index (χ0n) is 8.70. The van der Waals surface area contributed by atoms with Crippen molar-refractivity contribution in [2.75, 3.05) is 0 Å². The molecule has 0 bridgehead atoms. The number of rotatable bonds is 2. The third-order valence-electron chi connectivity index (χ3n) is 0.817. The van der Waals surface area contributed by atoms with Gasteiger partial charge in [0.05, 0.1) is 6.07 Å². The zero-order valence-corrected chi connectivity index (χ0v) is 8.70. The van der Waals surface area contributed by atoms with E-state index >= 15 is 0 Å². The van der Waals surface area contributed by atoms with Gasteiger partial charge in [0.15, 0.2) is 6.29 Å². The van der Waals surface area contributed by atoms with Crippen molar-refractivity contribution in [3.63, 3.8) is 0 Å². The molecule has 0 heterocycles. The Morgan fingerprint density at radius 1 is 1.50 bits per heavy atom. The Labute approximate surface area is 84.1 Å². The first-order valence-corrected chi connectivity index (χ1v) is 3.91. The molecule has 1 N–H and O–H groups in total. The quantitative estimate of drug-likeness (QED) is 0.315. The Bertz CT molecular complexity index is 261. The van der Waals surface area contributed by atoms with Crippen LogP contribution < -0.4 is 0 Å². The molecule has 0 aliphatic heterocycles. The lowest BCUT2D eigenvalue weighted by molar-refractivity contribution is -0.159. The van der Waals surface area contributed by atoms with E-state index in [0.717, 1.165) is 0 Å². The average molecular weight is 197 g/mol. The average Bonchev–Trinajstić information content (AvgIpc) is 2.04. The molecule has 0 rings (SSSR count). The van der Waals surface area contributed by atoms with E-state index in [2.05, 4.69) is 17.9 Å². The van der Waals surface area contributed by atoms with Crippen LogP contribution in [0.4, 0.5) is 0 Å². The Hall–Kier alpha value is -1.60. The number of carbonyl (C=O) groups is 1. The van der Waals surface area contributed by atoms with E-state index in [1.54, 1.807) is 6.92 Å². The monoisotopic (exact) mass is 197 g/mol. The predicted molar refractivity (Wildman–Crippen MR) is 53.0 cm³/mol. The third kappa shape index (κ3) is 13.0. The summed E-state index contributed by atoms with van der Waals surface area (Å²) >= 11 is 0. The van der Waals surface area contributed by atoms with Gasteiger partial charge in [-0.25, -0.2) is 4.79 Å². The van der Waals surface area contributed by atoms with Crippen molar-refractivity contribution in [3.05, 3.63) is 24.3 Å². The fourth-order valence-electron chi connectivity index (χ4n) is 0.255. The summed E-state index contributed by atoms with van der Waals surface area (Å²) in [7, 11) is 0. The van der Waals surface area contributed by atoms with Crippen LogP contribution in [-0.2, 0) is 9.53 Å². The van der Waals surface area contributed by atoms with Gasteiger partial charge < -0.3 is 9.84 Å². The lowest BCUT2D eigenvalue weighted by Gasteiger charge is -2.04. The first-order chi connectivity index (χ1) is 6.31. The molecular formula is C10H15NO3. The van der Waals surface area contributed by atoms with Gasteiger partial charge in [0.25, 0.3) is 0 Å². The first kappa shape index (κ1) is 14.9. The van der Waals surface area contributed by atoms with E-state index in [1.165, 1.54) is 13.8 Å². The number of carbonyl (C=O) groups excluding carboxylic acids is 1. The molecular weight excluding hydrogens is 182 g/mol. The van der Waals surface area contributed by atoms with Crippen molar-refractivity contribution < 1.29 is 14.6 Å². The van der Waals surface area contributed by atoms with Gasteiger partial charge in [-0.2, -0.15) is 5.26 Å². The molecule has 1 atom stereocenters. The summed E-state index contributed by atoms with van der Waals surface area (Å²) in [6.07, 6.45) is -1.05. The topological polar surface area (TPSA) is 70.3 Å². The number of aliphatic hydroxyl groups excluding tert-OH is 1. The van der Waals surface area contributed by atoms with Crippen LogP contribution in [0, 0.1) is 11.3 Å². The predicted octanol–water partition coefficient (Wildman–Crippen LogP) is 1.53. The minimum absolute atomic E-state index is 0.288. The Balaban J connectivity index is 0. The molecule has 0 spiro atoms. The van der Waals surface area contributed by atoms with Gasteiger partial charge in [0.2, 0.25) is 0 Å². The van der Waals surface area contributed by atoms with Crippen LogP contribution >= 0.6 is 0 Å². The van der Waals surface area contributed by atoms with Crippen molar-refractivity contribution in [1.29, 1.82) is 5.26 Å². The van der Waals surface area contributed by atoms with Crippen LogP contribution in [0.3, 0.4) is 0 Å². The van der Waals surface area contributed by atoms with Crippen LogP contribution in [0.5, 0.6) is 0 Å². The zero-order chi connectivity index (χ0) is 11.7. The number of hydrogen-bond donors (Lipinski definition) is 1. The standard InChI is InChI=1S/C6H10O3.C4H5N/c1-4(2)6(8)9-5(3)7;1-4(2)3-5/h5,7H,1H2,2-3H3;1H2,2H3. The number of ether oxygens (including phenoxy) is 1. The van der Waals surface area contributed by atoms with Gasteiger partial charge in [-0.3, -0.25) is 0 Å². The van der Waals surface area contributed by atoms with Crippen molar-refractivity contribution in [2.45, 2.75) is 27.1 Å². The van der Waals surface area contributed by atoms with Crippen LogP contribution in [0.1, 0.15) is 20.8 Å². The molecule has 4 nitrogen and oxygen atoms in total. The summed E-state index contributed by atoms with van der Waals surface area (Å²) in [5.41, 5.74) is 0.848. The number of hydrogen-bond acceptors (Lipinski definition) is 4. The van der Waals surface area contributed by atoms with Crippen molar-refractivity contribution in [2.24, 2.45) is 0 Å². The maximum absolute atomic E-state index is 10.5. The number of aliphatic hydroxyl groups is 1. The highest BCUT2D eigenvalue weighted by Gasteiger charge is 2.04. The van der Waals surface area contributed by atoms with Gasteiger partial charge in [-0.1, -0.05) is 13.2 Å². The number of esters is 1. The van der Waals surface area contributed by atoms with Crippen molar-refractivity contribution in [1.82, 2.24) is 0 Å². The normalized spacial score (nSPS) is 9.93. The molecule has 0 amide bonds. The van der Waals surface area contributed by atoms with Gasteiger partial charge in [0, 0.05) is 11.1 Å². The number of nitriles is 1. The summed E-state index contributed by atoms with van der Waals surface area (Å²) in [5, 5.41) is 16.3. The lowest BCUT2D eigenvalue weighted by atomic mass is 10.4. The van der Waals surface area contributed by atoms with E-state index in [0.29, 0.717) is 5.57 Å². The molecule has 0 aromatic heterocycles. The van der Waals surface area contributed by atoms with Crippen LogP contribution in [-0.4, -0.2) is 17.4 Å². The molecule has 0 saturated carbocycles. The summed E-state index contributed by atoms with van der Waals surface area (Å²) < 4.78 is 4.33. The van der Waals surface area contributed by atoms with Crippen LogP contribution in [0.25, 0.3) is 0 Å². The largest absolute Gasteiger partial charge is 0.433 e. The van der Waals surface area contributed by atoms with E-state index < -0.39 is 12.3 Å². The second-order valence-electron chi connectivity index (χ2n) is 2.68. The second-order valence-corrected chi connectivity index (χ2v) is 2.68. The Kier molecular flexibility index (Phi) is 8.53. The molecule has 4 heteroatoms. The van der Waals surface area contributed by atoms with Crippen molar-refractivity contribution in [3.8, 4) is 6.07 Å². The van der Waals surface area contributed by atoms with Crippen LogP contribution in [0.15, 0.2) is 24.3 Å². The Morgan fingerprint density at radius 3 is 1.93 bits per heavy atom. The third-order valence-corrected chi connectivity index (χ3v) is 0.817. The van der Waals surface area contributed by atoms with Crippen LogP contribution in [0.2, 0.25) is 0 Å². The fraction of sp³-hybridized carbons (Fsp3) is 0.400. The summed E-state index contributed by atoms with van der Waals surface area (Å²) in [5.74, 6) is -0.565. The number of allylic oxidation sites excluding steroid dienone is 1. The maximum atomic E-state index is 10.5. The molecule has 0 saturated heterocycles. The van der Waals surface area contributed by atoms with Gasteiger partial charge in [-0.05, 0) is 20.8 Å². The highest BCUT2D eigenvalue weighted by molar-refractivity contribution is 5.86. The molecule has 78 valence electrons. The highest BCUT2D eigenvalue weighted by atomic mass is 16.6. The smallest absolute Gasteiger partial charge is 0.335 e. The maximum Gasteiger partial charge on any atom is 0.335 e. The SMILES string of the molecule is C=C(C)C#N.C=C(C)C(=O)OC(C)O. The van der Waals surface area contributed by atoms with Gasteiger partial charge in [-0.15, -0.1) is 0 Å². The summed E-state index contributed by atoms with van der Waals surface area (Å²) in [6.45, 7) is 11.2. The minimum Gasteiger partial charge on any atom is -0.433 e. The summed E-state index contributed by atoms with van der Waals surface area (Å²) in [4.78, 5) is 10.5. The first-order valence-electron chi connectivity index (χ1n) is 3.91. The fourth-order valence-corrected chi connectivity index (χ4v) is 0.255. The van der Waals surface area contributed by atoms with E-state index in [4.69, 9.17) is 10.4 Å². The number of nitrogens with zero attached hydrogens (tertiary/aromatic N) is 1. The minimum atomic E-state index is -1.05. The molecule has 0 aromatic carbocycles. The molecule has 0 aromatic rings. The second kappa shape index (κ2) is 8.02. The Morgan fingerprint density at radius 2 is 1.86 bits per heavy atom. The molecule has 1 unspecified atom stereocenters. The van der Waals surface area contributed by atoms with E-state index in [1.807, 2.05) is 6.07 Å². The lowest BCUT2D eigenvalue weighted by Crippen LogP contribution is -2.13. The van der Waals surface area contributed by atoms with Gasteiger partial charge >= 0.3 is 5.97 Å². The molecule has 0 aliphatic carbocycles. The molecule has 0 fully saturated rings. The van der Waals surface area contributed by atoms with Gasteiger partial charge in [0.1, 0.15) is 0 Å². The molecule has 0 radical (unpaired) electrons. The van der Waals surface area contributed by atoms with E-state index in [-0.39, 0.29) is 5.57 Å². The molecule has 0 aliphatic rings. The highest BCUT2D eigenvalue weighted by Crippen LogP contribution is 1.94. The van der Waals surface area contributed by atoms with Crippen molar-refractivity contribution >= 4 is 5.97 Å². The molecule has 14 heavy (non-hydrogen) atoms.